The van der Waals surface area contributed by atoms with E-state index in [0.717, 1.165) is 0 Å². The SMILES string of the molecule is COc1c(F)cccc1[C@H]1CCOC(=O)N1. The van der Waals surface area contributed by atoms with Crippen molar-refractivity contribution >= 4 is 6.09 Å². The molecule has 5 heteroatoms. The van der Waals surface area contributed by atoms with Crippen LogP contribution in [0.3, 0.4) is 0 Å². The first-order valence-electron chi connectivity index (χ1n) is 4.98. The molecular formula is C11H12FNO3. The number of amides is 1. The van der Waals surface area contributed by atoms with Crippen molar-refractivity contribution in [2.24, 2.45) is 0 Å². The lowest BCUT2D eigenvalue weighted by Gasteiger charge is -2.25. The average molecular weight is 225 g/mol. The van der Waals surface area contributed by atoms with Gasteiger partial charge in [-0.2, -0.15) is 0 Å². The van der Waals surface area contributed by atoms with Crippen molar-refractivity contribution in [3.05, 3.63) is 29.6 Å². The van der Waals surface area contributed by atoms with Crippen molar-refractivity contribution in [3.8, 4) is 5.75 Å². The highest BCUT2D eigenvalue weighted by molar-refractivity contribution is 5.69. The zero-order valence-corrected chi connectivity index (χ0v) is 8.83. The lowest BCUT2D eigenvalue weighted by molar-refractivity contribution is 0.115. The summed E-state index contributed by atoms with van der Waals surface area (Å²) in [6, 6.07) is 4.39. The molecule has 0 bridgehead atoms. The van der Waals surface area contributed by atoms with Crippen LogP contribution in [0.15, 0.2) is 18.2 Å². The summed E-state index contributed by atoms with van der Waals surface area (Å²) in [4.78, 5) is 11.1. The lowest BCUT2D eigenvalue weighted by atomic mass is 10.0. The molecule has 1 aliphatic rings. The first kappa shape index (κ1) is 10.7. The fraction of sp³-hybridized carbons (Fsp3) is 0.364. The quantitative estimate of drug-likeness (QED) is 0.837. The van der Waals surface area contributed by atoms with Crippen molar-refractivity contribution in [1.29, 1.82) is 0 Å². The maximum atomic E-state index is 13.4. The molecular weight excluding hydrogens is 213 g/mol. The number of hydrogen-bond acceptors (Lipinski definition) is 3. The lowest BCUT2D eigenvalue weighted by Crippen LogP contribution is -2.35. The Balaban J connectivity index is 2.31. The van der Waals surface area contributed by atoms with Crippen LogP contribution in [0.2, 0.25) is 0 Å². The summed E-state index contributed by atoms with van der Waals surface area (Å²) in [7, 11) is 1.41. The van der Waals surface area contributed by atoms with Crippen LogP contribution in [0.5, 0.6) is 5.75 Å². The Morgan fingerprint density at radius 2 is 2.38 bits per heavy atom. The second-order valence-electron chi connectivity index (χ2n) is 3.48. The summed E-state index contributed by atoms with van der Waals surface area (Å²) in [6.45, 7) is 0.330. The molecule has 1 aliphatic heterocycles. The van der Waals surface area contributed by atoms with Crippen molar-refractivity contribution in [3.63, 3.8) is 0 Å². The molecule has 1 N–H and O–H groups in total. The van der Waals surface area contributed by atoms with E-state index in [1.54, 1.807) is 12.1 Å². The predicted octanol–water partition coefficient (Wildman–Crippen LogP) is 2.01. The number of halogens is 1. The van der Waals surface area contributed by atoms with E-state index in [-0.39, 0.29) is 11.8 Å². The van der Waals surface area contributed by atoms with Crippen LogP contribution < -0.4 is 10.1 Å². The van der Waals surface area contributed by atoms with E-state index < -0.39 is 11.9 Å². The van der Waals surface area contributed by atoms with E-state index in [4.69, 9.17) is 9.47 Å². The molecule has 4 nitrogen and oxygen atoms in total. The van der Waals surface area contributed by atoms with Crippen LogP contribution >= 0.6 is 0 Å². The third kappa shape index (κ3) is 1.93. The zero-order chi connectivity index (χ0) is 11.5. The van der Waals surface area contributed by atoms with Crippen LogP contribution in [0.1, 0.15) is 18.0 Å². The molecule has 0 aromatic heterocycles. The Labute approximate surface area is 92.4 Å². The van der Waals surface area contributed by atoms with Gasteiger partial charge in [0.25, 0.3) is 0 Å². The molecule has 1 aromatic carbocycles. The minimum absolute atomic E-state index is 0.176. The molecule has 0 aliphatic carbocycles. The van der Waals surface area contributed by atoms with Gasteiger partial charge in [0, 0.05) is 12.0 Å². The van der Waals surface area contributed by atoms with Gasteiger partial charge in [0.1, 0.15) is 0 Å². The Bertz CT molecular complexity index is 408. The Kier molecular flexibility index (Phi) is 2.94. The van der Waals surface area contributed by atoms with Gasteiger partial charge in [-0.05, 0) is 6.07 Å². The smallest absolute Gasteiger partial charge is 0.407 e. The van der Waals surface area contributed by atoms with E-state index >= 15 is 0 Å². The number of methoxy groups -OCH3 is 1. The van der Waals surface area contributed by atoms with Gasteiger partial charge in [-0.1, -0.05) is 12.1 Å². The van der Waals surface area contributed by atoms with E-state index in [1.807, 2.05) is 0 Å². The summed E-state index contributed by atoms with van der Waals surface area (Å²) >= 11 is 0. The molecule has 1 saturated heterocycles. The summed E-state index contributed by atoms with van der Waals surface area (Å²) in [5.74, 6) is -0.254. The largest absolute Gasteiger partial charge is 0.493 e. The average Bonchev–Trinajstić information content (AvgIpc) is 2.28. The molecule has 1 aromatic rings. The monoisotopic (exact) mass is 225 g/mol. The first-order chi connectivity index (χ1) is 7.72. The minimum Gasteiger partial charge on any atom is -0.493 e. The molecule has 86 valence electrons. The van der Waals surface area contributed by atoms with Crippen molar-refractivity contribution in [1.82, 2.24) is 5.32 Å². The number of rotatable bonds is 2. The molecule has 0 spiro atoms. The Hall–Kier alpha value is -1.78. The van der Waals surface area contributed by atoms with E-state index in [2.05, 4.69) is 5.32 Å². The molecule has 1 amide bonds. The summed E-state index contributed by atoms with van der Waals surface area (Å²) in [5, 5.41) is 2.63. The van der Waals surface area contributed by atoms with Crippen LogP contribution in [-0.2, 0) is 4.74 Å². The summed E-state index contributed by atoms with van der Waals surface area (Å²) in [5.41, 5.74) is 0.638. The van der Waals surface area contributed by atoms with Gasteiger partial charge >= 0.3 is 6.09 Å². The van der Waals surface area contributed by atoms with Crippen LogP contribution in [0.25, 0.3) is 0 Å². The summed E-state index contributed by atoms with van der Waals surface area (Å²) in [6.07, 6.45) is 0.119. The number of carbonyl (C=O) groups is 1. The van der Waals surface area contributed by atoms with Gasteiger partial charge in [0.05, 0.1) is 19.8 Å². The van der Waals surface area contributed by atoms with Gasteiger partial charge in [-0.3, -0.25) is 0 Å². The third-order valence-corrected chi connectivity index (χ3v) is 2.51. The van der Waals surface area contributed by atoms with Gasteiger partial charge < -0.3 is 14.8 Å². The number of ether oxygens (including phenoxy) is 2. The van der Waals surface area contributed by atoms with Crippen LogP contribution in [0, 0.1) is 5.82 Å². The molecule has 2 rings (SSSR count). The number of nitrogens with one attached hydrogen (secondary N) is 1. The van der Waals surface area contributed by atoms with Crippen LogP contribution in [-0.4, -0.2) is 19.8 Å². The molecule has 0 radical (unpaired) electrons. The fourth-order valence-electron chi connectivity index (χ4n) is 1.77. The number of para-hydroxylation sites is 1. The third-order valence-electron chi connectivity index (χ3n) is 2.51. The number of cyclic esters (lactones) is 1. The topological polar surface area (TPSA) is 47.6 Å². The Morgan fingerprint density at radius 1 is 1.56 bits per heavy atom. The zero-order valence-electron chi connectivity index (χ0n) is 8.83. The van der Waals surface area contributed by atoms with Crippen molar-refractivity contribution in [2.75, 3.05) is 13.7 Å². The van der Waals surface area contributed by atoms with Crippen LogP contribution in [0.4, 0.5) is 9.18 Å². The highest BCUT2D eigenvalue weighted by Gasteiger charge is 2.24. The van der Waals surface area contributed by atoms with E-state index in [9.17, 15) is 9.18 Å². The van der Waals surface area contributed by atoms with Gasteiger partial charge in [-0.15, -0.1) is 0 Å². The molecule has 1 fully saturated rings. The number of benzene rings is 1. The van der Waals surface area contributed by atoms with Gasteiger partial charge in [0.2, 0.25) is 0 Å². The van der Waals surface area contributed by atoms with Gasteiger partial charge in [-0.25, -0.2) is 9.18 Å². The first-order valence-corrected chi connectivity index (χ1v) is 4.98. The minimum atomic E-state index is -0.484. The summed E-state index contributed by atoms with van der Waals surface area (Å²) < 4.78 is 23.2. The molecule has 1 atom stereocenters. The maximum Gasteiger partial charge on any atom is 0.407 e. The van der Waals surface area contributed by atoms with E-state index in [1.165, 1.54) is 13.2 Å². The Morgan fingerprint density at radius 3 is 3.06 bits per heavy atom. The van der Waals surface area contributed by atoms with Crippen molar-refractivity contribution < 1.29 is 18.7 Å². The highest BCUT2D eigenvalue weighted by atomic mass is 19.1. The number of carbonyl (C=O) groups excluding carboxylic acids is 1. The normalized spacial score (nSPS) is 19.9. The molecule has 16 heavy (non-hydrogen) atoms. The molecule has 0 saturated carbocycles. The van der Waals surface area contributed by atoms with E-state index in [0.29, 0.717) is 18.6 Å². The molecule has 1 heterocycles. The number of alkyl carbamates (subject to hydrolysis) is 1. The standard InChI is InChI=1S/C11H12FNO3/c1-15-10-7(3-2-4-8(10)12)9-5-6-16-11(14)13-9/h2-4,9H,5-6H2,1H3,(H,13,14)/t9-/m1/s1. The fourth-order valence-corrected chi connectivity index (χ4v) is 1.77. The number of hydrogen-bond donors (Lipinski definition) is 1. The van der Waals surface area contributed by atoms with Gasteiger partial charge in [0.15, 0.2) is 11.6 Å². The second kappa shape index (κ2) is 4.38. The van der Waals surface area contributed by atoms with Crippen molar-refractivity contribution in [2.45, 2.75) is 12.5 Å². The predicted molar refractivity (Wildman–Crippen MR) is 54.8 cm³/mol. The highest BCUT2D eigenvalue weighted by Crippen LogP contribution is 2.30. The molecule has 0 unspecified atom stereocenters. The second-order valence-corrected chi connectivity index (χ2v) is 3.48. The maximum absolute atomic E-state index is 13.4.